The summed E-state index contributed by atoms with van der Waals surface area (Å²) in [6.45, 7) is 2.23. The number of benzene rings is 2. The molecule has 0 spiro atoms. The van der Waals surface area contributed by atoms with Crippen molar-refractivity contribution in [2.45, 2.75) is 26.2 Å². The molecule has 0 nitrogen and oxygen atoms in total. The zero-order chi connectivity index (χ0) is 18.4. The first-order chi connectivity index (χ1) is 10.9. The maximum Gasteiger partial charge on any atom is 0.417 e. The maximum atomic E-state index is 13.4. The third-order valence-corrected chi connectivity index (χ3v) is 4.47. The van der Waals surface area contributed by atoms with Gasteiger partial charge in [0.2, 0.25) is 0 Å². The standard InChI is InChI=1S/C16H10Cl2F6/c1-7-11(17)5-3-9(13(7)15(19,20)21)10-4-6-12(18)8(2)14(10)16(22,23)24/h3-6H,1-2H3. The van der Waals surface area contributed by atoms with Crippen LogP contribution in [0, 0.1) is 13.8 Å². The highest BCUT2D eigenvalue weighted by atomic mass is 35.5. The lowest BCUT2D eigenvalue weighted by Crippen LogP contribution is -2.14. The second-order valence-electron chi connectivity index (χ2n) is 5.19. The van der Waals surface area contributed by atoms with Gasteiger partial charge in [-0.3, -0.25) is 0 Å². The Bertz CT molecular complexity index is 723. The van der Waals surface area contributed by atoms with E-state index in [9.17, 15) is 26.3 Å². The minimum Gasteiger partial charge on any atom is -0.166 e. The van der Waals surface area contributed by atoms with E-state index in [1.54, 1.807) is 0 Å². The van der Waals surface area contributed by atoms with Crippen LogP contribution >= 0.6 is 23.2 Å². The van der Waals surface area contributed by atoms with Gasteiger partial charge in [0.15, 0.2) is 0 Å². The van der Waals surface area contributed by atoms with Gasteiger partial charge in [-0.2, -0.15) is 26.3 Å². The van der Waals surface area contributed by atoms with Gasteiger partial charge in [-0.05, 0) is 48.2 Å². The zero-order valence-corrected chi connectivity index (χ0v) is 13.8. The molecular weight excluding hydrogens is 377 g/mol. The summed E-state index contributed by atoms with van der Waals surface area (Å²) >= 11 is 11.4. The fourth-order valence-electron chi connectivity index (χ4n) is 2.55. The van der Waals surface area contributed by atoms with Crippen LogP contribution in [-0.2, 0) is 12.4 Å². The minimum absolute atomic E-state index is 0.176. The van der Waals surface area contributed by atoms with Crippen molar-refractivity contribution >= 4 is 23.2 Å². The van der Waals surface area contributed by atoms with E-state index in [1.165, 1.54) is 0 Å². The Labute approximate surface area is 144 Å². The van der Waals surface area contributed by atoms with E-state index in [0.29, 0.717) is 0 Å². The van der Waals surface area contributed by atoms with E-state index in [-0.39, 0.29) is 21.2 Å². The molecule has 0 N–H and O–H groups in total. The smallest absolute Gasteiger partial charge is 0.166 e. The Morgan fingerprint density at radius 2 is 0.917 bits per heavy atom. The Balaban J connectivity index is 2.94. The molecule has 2 rings (SSSR count). The van der Waals surface area contributed by atoms with Crippen molar-refractivity contribution in [2.24, 2.45) is 0 Å². The Hall–Kier alpha value is -1.40. The number of alkyl halides is 6. The zero-order valence-electron chi connectivity index (χ0n) is 12.3. The lowest BCUT2D eigenvalue weighted by molar-refractivity contribution is -0.139. The summed E-state index contributed by atoms with van der Waals surface area (Å²) in [5.41, 5.74) is -4.22. The molecule has 2 aromatic carbocycles. The SMILES string of the molecule is Cc1c(Cl)ccc(-c2ccc(Cl)c(C)c2C(F)(F)F)c1C(F)(F)F. The van der Waals surface area contributed by atoms with Crippen LogP contribution in [-0.4, -0.2) is 0 Å². The molecule has 0 bridgehead atoms. The van der Waals surface area contributed by atoms with E-state index in [2.05, 4.69) is 0 Å². The molecule has 0 saturated carbocycles. The second kappa shape index (κ2) is 6.15. The highest BCUT2D eigenvalue weighted by molar-refractivity contribution is 6.32. The van der Waals surface area contributed by atoms with Gasteiger partial charge < -0.3 is 0 Å². The average molecular weight is 387 g/mol. The number of hydrogen-bond acceptors (Lipinski definition) is 0. The van der Waals surface area contributed by atoms with E-state index >= 15 is 0 Å². The predicted octanol–water partition coefficient (Wildman–Crippen LogP) is 7.31. The first kappa shape index (κ1) is 18.9. The molecule has 2 aromatic rings. The van der Waals surface area contributed by atoms with Crippen molar-refractivity contribution < 1.29 is 26.3 Å². The average Bonchev–Trinajstić information content (AvgIpc) is 2.41. The summed E-state index contributed by atoms with van der Waals surface area (Å²) in [5, 5.41) is -0.351. The van der Waals surface area contributed by atoms with Crippen molar-refractivity contribution in [3.63, 3.8) is 0 Å². The molecule has 0 heterocycles. The van der Waals surface area contributed by atoms with Crippen molar-refractivity contribution in [1.82, 2.24) is 0 Å². The van der Waals surface area contributed by atoms with Crippen LogP contribution in [0.3, 0.4) is 0 Å². The fraction of sp³-hybridized carbons (Fsp3) is 0.250. The first-order valence-corrected chi connectivity index (χ1v) is 7.34. The van der Waals surface area contributed by atoms with Gasteiger partial charge in [0.05, 0.1) is 11.1 Å². The van der Waals surface area contributed by atoms with Gasteiger partial charge in [0, 0.05) is 10.0 Å². The van der Waals surface area contributed by atoms with Crippen molar-refractivity contribution in [3.8, 4) is 11.1 Å². The lowest BCUT2D eigenvalue weighted by Gasteiger charge is -2.21. The number of hydrogen-bond donors (Lipinski definition) is 0. The van der Waals surface area contributed by atoms with Crippen LogP contribution in [0.2, 0.25) is 10.0 Å². The topological polar surface area (TPSA) is 0 Å². The van der Waals surface area contributed by atoms with E-state index in [4.69, 9.17) is 23.2 Å². The maximum absolute atomic E-state index is 13.4. The summed E-state index contributed by atoms with van der Waals surface area (Å²) in [4.78, 5) is 0. The summed E-state index contributed by atoms with van der Waals surface area (Å²) in [7, 11) is 0. The van der Waals surface area contributed by atoms with Gasteiger partial charge in [0.25, 0.3) is 0 Å². The molecule has 0 aliphatic carbocycles. The molecule has 0 aromatic heterocycles. The third-order valence-electron chi connectivity index (χ3n) is 3.65. The Kier molecular flexibility index (Phi) is 4.85. The summed E-state index contributed by atoms with van der Waals surface area (Å²) in [6, 6.07) is 4.17. The van der Waals surface area contributed by atoms with E-state index in [1.807, 2.05) is 0 Å². The van der Waals surface area contributed by atoms with Gasteiger partial charge in [-0.1, -0.05) is 35.3 Å². The Morgan fingerprint density at radius 1 is 0.625 bits per heavy atom. The molecule has 0 fully saturated rings. The van der Waals surface area contributed by atoms with Gasteiger partial charge >= 0.3 is 12.4 Å². The van der Waals surface area contributed by atoms with Crippen LogP contribution in [0.1, 0.15) is 22.3 Å². The first-order valence-electron chi connectivity index (χ1n) is 6.58. The van der Waals surface area contributed by atoms with Crippen molar-refractivity contribution in [2.75, 3.05) is 0 Å². The lowest BCUT2D eigenvalue weighted by atomic mass is 9.90. The summed E-state index contributed by atoms with van der Waals surface area (Å²) < 4.78 is 80.5. The molecule has 0 unspecified atom stereocenters. The molecule has 0 amide bonds. The second-order valence-corrected chi connectivity index (χ2v) is 6.00. The summed E-state index contributed by atoms with van der Waals surface area (Å²) in [5.74, 6) is 0. The van der Waals surface area contributed by atoms with Gasteiger partial charge in [0.1, 0.15) is 0 Å². The van der Waals surface area contributed by atoms with Crippen LogP contribution in [0.15, 0.2) is 24.3 Å². The van der Waals surface area contributed by atoms with E-state index < -0.39 is 34.6 Å². The molecule has 8 heteroatoms. The molecule has 0 radical (unpaired) electrons. The minimum atomic E-state index is -4.86. The molecule has 24 heavy (non-hydrogen) atoms. The highest BCUT2D eigenvalue weighted by Crippen LogP contribution is 2.47. The number of rotatable bonds is 1. The van der Waals surface area contributed by atoms with Crippen LogP contribution in [0.4, 0.5) is 26.3 Å². The van der Waals surface area contributed by atoms with Crippen molar-refractivity contribution in [3.05, 3.63) is 56.6 Å². The quantitative estimate of drug-likeness (QED) is 0.450. The predicted molar refractivity (Wildman–Crippen MR) is 81.4 cm³/mol. The monoisotopic (exact) mass is 386 g/mol. The highest BCUT2D eigenvalue weighted by Gasteiger charge is 2.41. The molecule has 0 aliphatic heterocycles. The summed E-state index contributed by atoms with van der Waals surface area (Å²) in [6.07, 6.45) is -9.72. The molecular formula is C16H10Cl2F6. The van der Waals surface area contributed by atoms with Crippen LogP contribution < -0.4 is 0 Å². The fourth-order valence-corrected chi connectivity index (χ4v) is 2.87. The largest absolute Gasteiger partial charge is 0.417 e. The normalized spacial score (nSPS) is 12.6. The van der Waals surface area contributed by atoms with E-state index in [0.717, 1.165) is 38.1 Å². The molecule has 130 valence electrons. The Morgan fingerprint density at radius 3 is 1.17 bits per heavy atom. The number of halogens is 8. The molecule has 0 atom stereocenters. The molecule has 0 aliphatic rings. The third kappa shape index (κ3) is 3.35. The van der Waals surface area contributed by atoms with Crippen molar-refractivity contribution in [1.29, 1.82) is 0 Å². The van der Waals surface area contributed by atoms with Gasteiger partial charge in [-0.25, -0.2) is 0 Å². The van der Waals surface area contributed by atoms with Gasteiger partial charge in [-0.15, -0.1) is 0 Å². The molecule has 0 saturated heterocycles. The van der Waals surface area contributed by atoms with Crippen LogP contribution in [0.5, 0.6) is 0 Å². The van der Waals surface area contributed by atoms with Crippen LogP contribution in [0.25, 0.3) is 11.1 Å².